The zero-order chi connectivity index (χ0) is 11.1. The molecule has 82 valence electrons. The zero-order valence-electron chi connectivity index (χ0n) is 9.72. The van der Waals surface area contributed by atoms with Crippen LogP contribution in [0.5, 0.6) is 0 Å². The van der Waals surface area contributed by atoms with Crippen molar-refractivity contribution in [2.24, 2.45) is 11.3 Å². The fourth-order valence-corrected chi connectivity index (χ4v) is 1.89. The van der Waals surface area contributed by atoms with E-state index < -0.39 is 0 Å². The van der Waals surface area contributed by atoms with Crippen LogP contribution in [-0.4, -0.2) is 28.7 Å². The summed E-state index contributed by atoms with van der Waals surface area (Å²) in [5.74, 6) is 0.533. The van der Waals surface area contributed by atoms with Crippen molar-refractivity contribution in [2.75, 3.05) is 12.4 Å². The van der Waals surface area contributed by atoms with Crippen LogP contribution in [-0.2, 0) is 4.79 Å². The van der Waals surface area contributed by atoms with Crippen molar-refractivity contribution in [3.8, 4) is 0 Å². The molecule has 14 heavy (non-hydrogen) atoms. The van der Waals surface area contributed by atoms with E-state index in [0.717, 1.165) is 11.8 Å². The number of carbonyl (C=O) groups is 1. The normalized spacial score (nSPS) is 24.6. The second kappa shape index (κ2) is 3.51. The van der Waals surface area contributed by atoms with Crippen LogP contribution in [0.1, 0.15) is 34.1 Å². The highest BCUT2D eigenvalue weighted by Crippen LogP contribution is 2.52. The van der Waals surface area contributed by atoms with Gasteiger partial charge in [-0.3, -0.25) is 4.79 Å². The number of alkyl halides is 1. The predicted molar refractivity (Wildman–Crippen MR) is 62.5 cm³/mol. The highest BCUT2D eigenvalue weighted by Gasteiger charge is 2.52. The van der Waals surface area contributed by atoms with Gasteiger partial charge in [0, 0.05) is 23.8 Å². The Morgan fingerprint density at radius 2 is 2.00 bits per heavy atom. The first kappa shape index (κ1) is 12.0. The molecule has 0 N–H and O–H groups in total. The quantitative estimate of drug-likeness (QED) is 0.716. The first-order valence-corrected chi connectivity index (χ1v) is 6.18. The average molecular weight is 262 g/mol. The molecule has 1 saturated carbocycles. The third-order valence-electron chi connectivity index (χ3n) is 3.38. The highest BCUT2D eigenvalue weighted by atomic mass is 79.9. The second-order valence-corrected chi connectivity index (χ2v) is 6.15. The van der Waals surface area contributed by atoms with Crippen molar-refractivity contribution in [1.29, 1.82) is 0 Å². The fourth-order valence-electron chi connectivity index (χ4n) is 1.51. The Balaban J connectivity index is 2.63. The molecule has 1 aliphatic rings. The van der Waals surface area contributed by atoms with Crippen LogP contribution in [0.2, 0.25) is 0 Å². The third kappa shape index (κ3) is 2.13. The minimum atomic E-state index is -0.0875. The van der Waals surface area contributed by atoms with Gasteiger partial charge in [0.15, 0.2) is 0 Å². The maximum Gasteiger partial charge on any atom is 0.226 e. The molecule has 1 fully saturated rings. The summed E-state index contributed by atoms with van der Waals surface area (Å²) in [5.41, 5.74) is 0.142. The summed E-state index contributed by atoms with van der Waals surface area (Å²) in [6, 6.07) is 0. The molecule has 2 nitrogen and oxygen atoms in total. The minimum Gasteiger partial charge on any atom is -0.340 e. The van der Waals surface area contributed by atoms with Gasteiger partial charge in [0.2, 0.25) is 5.91 Å². The lowest BCUT2D eigenvalue weighted by atomic mass is 10.0. The molecule has 0 saturated heterocycles. The molecule has 0 radical (unpaired) electrons. The van der Waals surface area contributed by atoms with Crippen molar-refractivity contribution < 1.29 is 4.79 Å². The SMILES string of the molecule is CN(C(=O)C1CC1(C)C)C(C)(C)CBr. The number of rotatable bonds is 3. The minimum absolute atomic E-state index is 0.0875. The third-order valence-corrected chi connectivity index (χ3v) is 4.75. The number of amides is 1. The monoisotopic (exact) mass is 261 g/mol. The first-order valence-electron chi connectivity index (χ1n) is 5.06. The highest BCUT2D eigenvalue weighted by molar-refractivity contribution is 9.09. The van der Waals surface area contributed by atoms with E-state index in [2.05, 4.69) is 43.6 Å². The van der Waals surface area contributed by atoms with Gasteiger partial charge in [-0.1, -0.05) is 29.8 Å². The van der Waals surface area contributed by atoms with Crippen LogP contribution in [0, 0.1) is 11.3 Å². The molecule has 1 rings (SSSR count). The molecular formula is C11H20BrNO. The molecule has 0 aromatic rings. The van der Waals surface area contributed by atoms with Gasteiger partial charge in [-0.25, -0.2) is 0 Å². The zero-order valence-corrected chi connectivity index (χ0v) is 11.3. The van der Waals surface area contributed by atoms with Crippen LogP contribution in [0.15, 0.2) is 0 Å². The number of carbonyl (C=O) groups excluding carboxylic acids is 1. The molecule has 1 atom stereocenters. The van der Waals surface area contributed by atoms with Crippen molar-refractivity contribution in [2.45, 2.75) is 39.7 Å². The number of halogens is 1. The van der Waals surface area contributed by atoms with Crippen LogP contribution in [0.25, 0.3) is 0 Å². The van der Waals surface area contributed by atoms with Gasteiger partial charge in [0.1, 0.15) is 0 Å². The van der Waals surface area contributed by atoms with E-state index >= 15 is 0 Å². The van der Waals surface area contributed by atoms with Crippen LogP contribution in [0.4, 0.5) is 0 Å². The van der Waals surface area contributed by atoms with Gasteiger partial charge in [0.05, 0.1) is 0 Å². The number of hydrogen-bond acceptors (Lipinski definition) is 1. The maximum atomic E-state index is 12.0. The summed E-state index contributed by atoms with van der Waals surface area (Å²) in [5, 5.41) is 0.815. The smallest absolute Gasteiger partial charge is 0.226 e. The van der Waals surface area contributed by atoms with E-state index in [-0.39, 0.29) is 16.9 Å². The number of nitrogens with zero attached hydrogens (tertiary/aromatic N) is 1. The molecule has 0 aromatic carbocycles. The van der Waals surface area contributed by atoms with E-state index in [1.54, 1.807) is 0 Å². The largest absolute Gasteiger partial charge is 0.340 e. The van der Waals surface area contributed by atoms with E-state index in [1.807, 2.05) is 11.9 Å². The summed E-state index contributed by atoms with van der Waals surface area (Å²) >= 11 is 3.44. The summed E-state index contributed by atoms with van der Waals surface area (Å²) in [6.45, 7) is 8.47. The summed E-state index contributed by atoms with van der Waals surface area (Å²) < 4.78 is 0. The Hall–Kier alpha value is -0.0500. The Labute approximate surface area is 95.2 Å². The van der Waals surface area contributed by atoms with Crippen LogP contribution in [0.3, 0.4) is 0 Å². The average Bonchev–Trinajstić information content (AvgIpc) is 2.72. The second-order valence-electron chi connectivity index (χ2n) is 5.59. The van der Waals surface area contributed by atoms with E-state index in [4.69, 9.17) is 0 Å². The van der Waals surface area contributed by atoms with Crippen molar-refractivity contribution in [1.82, 2.24) is 4.90 Å². The van der Waals surface area contributed by atoms with Gasteiger partial charge in [0.25, 0.3) is 0 Å². The molecule has 0 aromatic heterocycles. The van der Waals surface area contributed by atoms with E-state index in [1.165, 1.54) is 0 Å². The molecule has 0 aliphatic heterocycles. The summed E-state index contributed by atoms with van der Waals surface area (Å²) in [7, 11) is 1.90. The molecule has 0 bridgehead atoms. The van der Waals surface area contributed by atoms with Crippen molar-refractivity contribution in [3.05, 3.63) is 0 Å². The van der Waals surface area contributed by atoms with Crippen LogP contribution < -0.4 is 0 Å². The van der Waals surface area contributed by atoms with Gasteiger partial charge >= 0.3 is 0 Å². The van der Waals surface area contributed by atoms with Gasteiger partial charge in [-0.05, 0) is 25.7 Å². The molecule has 1 unspecified atom stereocenters. The molecule has 1 aliphatic carbocycles. The first-order chi connectivity index (χ1) is 6.22. The fraction of sp³-hybridized carbons (Fsp3) is 0.909. The Morgan fingerprint density at radius 1 is 1.57 bits per heavy atom. The standard InChI is InChI=1S/C11H20BrNO/c1-10(2)6-8(10)9(14)13(5)11(3,4)7-12/h8H,6-7H2,1-5H3. The van der Waals surface area contributed by atoms with E-state index in [9.17, 15) is 4.79 Å². The Kier molecular flexibility index (Phi) is 3.01. The lowest BCUT2D eigenvalue weighted by molar-refractivity contribution is -0.136. The van der Waals surface area contributed by atoms with Crippen molar-refractivity contribution >= 4 is 21.8 Å². The van der Waals surface area contributed by atoms with Crippen molar-refractivity contribution in [3.63, 3.8) is 0 Å². The molecule has 3 heteroatoms. The van der Waals surface area contributed by atoms with Gasteiger partial charge < -0.3 is 4.90 Å². The summed E-state index contributed by atoms with van der Waals surface area (Å²) in [6.07, 6.45) is 1.04. The molecule has 1 amide bonds. The Morgan fingerprint density at radius 3 is 2.29 bits per heavy atom. The molecule has 0 heterocycles. The van der Waals surface area contributed by atoms with Crippen LogP contribution >= 0.6 is 15.9 Å². The number of hydrogen-bond donors (Lipinski definition) is 0. The molecule has 0 spiro atoms. The summed E-state index contributed by atoms with van der Waals surface area (Å²) in [4.78, 5) is 13.9. The lowest BCUT2D eigenvalue weighted by Gasteiger charge is -2.34. The molecular weight excluding hydrogens is 242 g/mol. The lowest BCUT2D eigenvalue weighted by Crippen LogP contribution is -2.47. The Bertz CT molecular complexity index is 248. The maximum absolute atomic E-state index is 12.0. The van der Waals surface area contributed by atoms with Gasteiger partial charge in [-0.15, -0.1) is 0 Å². The van der Waals surface area contributed by atoms with Gasteiger partial charge in [-0.2, -0.15) is 0 Å². The predicted octanol–water partition coefficient (Wildman–Crippen LogP) is 2.66. The topological polar surface area (TPSA) is 20.3 Å². The van der Waals surface area contributed by atoms with E-state index in [0.29, 0.717) is 5.91 Å².